The molecule has 28 heavy (non-hydrogen) atoms. The van der Waals surface area contributed by atoms with Crippen molar-refractivity contribution in [2.24, 2.45) is 17.3 Å². The van der Waals surface area contributed by atoms with Gasteiger partial charge in [-0.25, -0.2) is 0 Å². The van der Waals surface area contributed by atoms with Crippen molar-refractivity contribution in [3.63, 3.8) is 0 Å². The highest BCUT2D eigenvalue weighted by molar-refractivity contribution is 5.84. The van der Waals surface area contributed by atoms with E-state index in [9.17, 15) is 19.8 Å². The first-order valence-electron chi connectivity index (χ1n) is 11.2. The van der Waals surface area contributed by atoms with Gasteiger partial charge in [0.05, 0.1) is 12.2 Å². The van der Waals surface area contributed by atoms with Crippen LogP contribution in [0.3, 0.4) is 0 Å². The number of aliphatic hydroxyl groups excluding tert-OH is 2. The summed E-state index contributed by atoms with van der Waals surface area (Å²) in [4.78, 5) is 22.8. The van der Waals surface area contributed by atoms with E-state index in [2.05, 4.69) is 6.92 Å². The smallest absolute Gasteiger partial charge is 0.303 e. The van der Waals surface area contributed by atoms with Crippen LogP contribution in [0, 0.1) is 17.3 Å². The van der Waals surface area contributed by atoms with Crippen molar-refractivity contribution < 1.29 is 24.9 Å². The Kier molecular flexibility index (Phi) is 9.16. The normalized spacial score (nSPS) is 27.8. The Hall–Kier alpha value is -1.20. The lowest BCUT2D eigenvalue weighted by molar-refractivity contribution is -0.137. The number of rotatable bonds is 13. The standard InChI is InChI=1S/C23H38O5/c1-2-13-23(14-8-15-23)21(26)11-7-10-18-17(19(24)16-20(18)25)9-5-3-4-6-12-22(27)28/h7,10,17-18,20-21,25-26H,2-6,8-9,11-16H2,1H3,(H,27,28)/b10-7+/t17-,18-,20+,21-/m1/s1. The van der Waals surface area contributed by atoms with Gasteiger partial charge in [-0.2, -0.15) is 0 Å². The van der Waals surface area contributed by atoms with Gasteiger partial charge in [0.2, 0.25) is 0 Å². The van der Waals surface area contributed by atoms with E-state index in [1.807, 2.05) is 12.2 Å². The summed E-state index contributed by atoms with van der Waals surface area (Å²) < 4.78 is 0. The summed E-state index contributed by atoms with van der Waals surface area (Å²) in [5, 5.41) is 29.6. The first-order chi connectivity index (χ1) is 13.4. The molecule has 2 rings (SSSR count). The number of carbonyl (C=O) groups excluding carboxylic acids is 1. The zero-order chi connectivity index (χ0) is 20.6. The number of aliphatic hydroxyl groups is 2. The van der Waals surface area contributed by atoms with Crippen LogP contribution in [0.25, 0.3) is 0 Å². The third kappa shape index (κ3) is 6.15. The molecule has 0 saturated heterocycles. The number of aliphatic carboxylic acids is 1. The predicted molar refractivity (Wildman–Crippen MR) is 109 cm³/mol. The number of unbranched alkanes of at least 4 members (excludes halogenated alkanes) is 3. The molecule has 2 aliphatic carbocycles. The maximum atomic E-state index is 12.3. The van der Waals surface area contributed by atoms with Gasteiger partial charge in [0.1, 0.15) is 5.78 Å². The second kappa shape index (κ2) is 11.1. The van der Waals surface area contributed by atoms with Crippen LogP contribution in [0.4, 0.5) is 0 Å². The fraction of sp³-hybridized carbons (Fsp3) is 0.826. The van der Waals surface area contributed by atoms with Crippen LogP contribution in [-0.4, -0.2) is 39.3 Å². The first kappa shape index (κ1) is 23.1. The van der Waals surface area contributed by atoms with Crippen LogP contribution >= 0.6 is 0 Å². The molecule has 2 aliphatic rings. The van der Waals surface area contributed by atoms with Crippen molar-refractivity contribution in [2.45, 2.75) is 103 Å². The van der Waals surface area contributed by atoms with Crippen LogP contribution in [0.1, 0.15) is 90.4 Å². The van der Waals surface area contributed by atoms with Crippen LogP contribution in [0.2, 0.25) is 0 Å². The maximum absolute atomic E-state index is 12.3. The SMILES string of the molecule is CCCC1([C@H](O)C/C=C/[C@H]2[C@@H](O)CC(=O)[C@@H]2CCCCCCC(=O)O)CCC1. The molecule has 0 aromatic carbocycles. The fourth-order valence-electron chi connectivity index (χ4n) is 5.08. The third-order valence-electron chi connectivity index (χ3n) is 6.91. The Morgan fingerprint density at radius 1 is 1.25 bits per heavy atom. The number of ketones is 1. The minimum atomic E-state index is -0.760. The molecule has 160 valence electrons. The number of carbonyl (C=O) groups is 2. The lowest BCUT2D eigenvalue weighted by atomic mass is 9.62. The van der Waals surface area contributed by atoms with Gasteiger partial charge in [-0.1, -0.05) is 51.2 Å². The molecule has 0 bridgehead atoms. The first-order valence-corrected chi connectivity index (χ1v) is 11.2. The van der Waals surface area contributed by atoms with Gasteiger partial charge in [0.25, 0.3) is 0 Å². The monoisotopic (exact) mass is 394 g/mol. The Bertz CT molecular complexity index is 537. The highest BCUT2D eigenvalue weighted by Gasteiger charge is 2.42. The van der Waals surface area contributed by atoms with E-state index in [-0.39, 0.29) is 42.0 Å². The molecule has 2 saturated carbocycles. The van der Waals surface area contributed by atoms with Crippen molar-refractivity contribution in [3.8, 4) is 0 Å². The molecule has 4 atom stereocenters. The quantitative estimate of drug-likeness (QED) is 0.320. The molecule has 2 fully saturated rings. The minimum Gasteiger partial charge on any atom is -0.481 e. The van der Waals surface area contributed by atoms with Gasteiger partial charge in [0.15, 0.2) is 0 Å². The summed E-state index contributed by atoms with van der Waals surface area (Å²) in [6.45, 7) is 2.16. The van der Waals surface area contributed by atoms with E-state index in [0.29, 0.717) is 12.8 Å². The second-order valence-corrected chi connectivity index (χ2v) is 8.91. The molecule has 0 aliphatic heterocycles. The number of carboxylic acids is 1. The Labute approximate surface area is 169 Å². The van der Waals surface area contributed by atoms with Crippen molar-refractivity contribution in [2.75, 3.05) is 0 Å². The molecule has 0 heterocycles. The van der Waals surface area contributed by atoms with E-state index in [4.69, 9.17) is 5.11 Å². The van der Waals surface area contributed by atoms with E-state index in [1.165, 1.54) is 6.42 Å². The number of hydrogen-bond donors (Lipinski definition) is 3. The number of hydrogen-bond acceptors (Lipinski definition) is 4. The van der Waals surface area contributed by atoms with Crippen LogP contribution in [-0.2, 0) is 9.59 Å². The number of Topliss-reactive ketones (excluding diaryl/α,β-unsaturated/α-hetero) is 1. The molecule has 0 spiro atoms. The van der Waals surface area contributed by atoms with Gasteiger partial charge in [-0.15, -0.1) is 0 Å². The lowest BCUT2D eigenvalue weighted by Gasteiger charge is -2.45. The zero-order valence-electron chi connectivity index (χ0n) is 17.3. The molecule has 0 aromatic rings. The van der Waals surface area contributed by atoms with E-state index in [0.717, 1.165) is 51.4 Å². The van der Waals surface area contributed by atoms with Gasteiger partial charge in [-0.05, 0) is 43.9 Å². The molecule has 5 heteroatoms. The van der Waals surface area contributed by atoms with E-state index >= 15 is 0 Å². The summed E-state index contributed by atoms with van der Waals surface area (Å²) in [5.74, 6) is -0.919. The fourth-order valence-corrected chi connectivity index (χ4v) is 5.08. The summed E-state index contributed by atoms with van der Waals surface area (Å²) in [5.41, 5.74) is 0.0819. The molecular formula is C23H38O5. The van der Waals surface area contributed by atoms with Crippen LogP contribution in [0.5, 0.6) is 0 Å². The largest absolute Gasteiger partial charge is 0.481 e. The molecule has 0 amide bonds. The van der Waals surface area contributed by atoms with Crippen molar-refractivity contribution in [1.29, 1.82) is 0 Å². The Morgan fingerprint density at radius 2 is 1.96 bits per heavy atom. The summed E-state index contributed by atoms with van der Waals surface area (Å²) in [7, 11) is 0. The molecule has 0 unspecified atom stereocenters. The topological polar surface area (TPSA) is 94.8 Å². The van der Waals surface area contributed by atoms with Gasteiger partial charge in [0, 0.05) is 24.7 Å². The summed E-state index contributed by atoms with van der Waals surface area (Å²) >= 11 is 0. The molecular weight excluding hydrogens is 356 g/mol. The second-order valence-electron chi connectivity index (χ2n) is 8.91. The van der Waals surface area contributed by atoms with Gasteiger partial charge < -0.3 is 15.3 Å². The van der Waals surface area contributed by atoms with Crippen molar-refractivity contribution >= 4 is 11.8 Å². The highest BCUT2D eigenvalue weighted by Crippen LogP contribution is 2.48. The van der Waals surface area contributed by atoms with E-state index < -0.39 is 12.1 Å². The van der Waals surface area contributed by atoms with Gasteiger partial charge >= 0.3 is 5.97 Å². The van der Waals surface area contributed by atoms with Crippen molar-refractivity contribution in [1.82, 2.24) is 0 Å². The highest BCUT2D eigenvalue weighted by atomic mass is 16.4. The zero-order valence-corrected chi connectivity index (χ0v) is 17.3. The van der Waals surface area contributed by atoms with Crippen LogP contribution in [0.15, 0.2) is 12.2 Å². The van der Waals surface area contributed by atoms with Crippen molar-refractivity contribution in [3.05, 3.63) is 12.2 Å². The number of carboxylic acid groups (broad SMARTS) is 1. The average molecular weight is 395 g/mol. The summed E-state index contributed by atoms with van der Waals surface area (Å²) in [6.07, 6.45) is 13.7. The minimum absolute atomic E-state index is 0.0819. The molecule has 0 radical (unpaired) electrons. The average Bonchev–Trinajstić information content (AvgIpc) is 2.87. The van der Waals surface area contributed by atoms with E-state index in [1.54, 1.807) is 0 Å². The van der Waals surface area contributed by atoms with Gasteiger partial charge in [-0.3, -0.25) is 9.59 Å². The molecule has 3 N–H and O–H groups in total. The molecule has 0 aromatic heterocycles. The summed E-state index contributed by atoms with van der Waals surface area (Å²) in [6, 6.07) is 0. The Balaban J connectivity index is 1.79. The third-order valence-corrected chi connectivity index (χ3v) is 6.91. The van der Waals surface area contributed by atoms with Crippen LogP contribution < -0.4 is 0 Å². The predicted octanol–water partition coefficient (Wildman–Crippen LogP) is 4.26. The maximum Gasteiger partial charge on any atom is 0.303 e. The lowest BCUT2D eigenvalue weighted by Crippen LogP contribution is -2.41. The Morgan fingerprint density at radius 3 is 2.57 bits per heavy atom. The molecule has 5 nitrogen and oxygen atoms in total.